The highest BCUT2D eigenvalue weighted by molar-refractivity contribution is 5.88. The highest BCUT2D eigenvalue weighted by Crippen LogP contribution is 2.26. The number of nitrogens with zero attached hydrogens (tertiary/aromatic N) is 4. The van der Waals surface area contributed by atoms with E-state index in [0.717, 1.165) is 41.0 Å². The van der Waals surface area contributed by atoms with Crippen molar-refractivity contribution in [3.63, 3.8) is 0 Å². The van der Waals surface area contributed by atoms with Crippen LogP contribution in [0.15, 0.2) is 0 Å². The molecule has 3 N–H and O–H groups in total. The summed E-state index contributed by atoms with van der Waals surface area (Å²) in [6.45, 7) is 10.8. The zero-order valence-corrected chi connectivity index (χ0v) is 17.7. The zero-order chi connectivity index (χ0) is 20.8. The summed E-state index contributed by atoms with van der Waals surface area (Å²) in [6, 6.07) is -0.0585. The Kier molecular flexibility index (Phi) is 7.27. The predicted octanol–water partition coefficient (Wildman–Crippen LogP) is 1.64. The molecule has 0 aromatic carbocycles. The summed E-state index contributed by atoms with van der Waals surface area (Å²) in [6.07, 6.45) is 1.88. The fraction of sp³-hybridized carbons (Fsp3) is 0.650. The Morgan fingerprint density at radius 1 is 1.24 bits per heavy atom. The molecule has 0 radical (unpaired) electrons. The number of pyridine rings is 1. The fourth-order valence-corrected chi connectivity index (χ4v) is 3.57. The van der Waals surface area contributed by atoms with Gasteiger partial charge in [0.15, 0.2) is 5.82 Å². The number of rotatable bonds is 8. The third kappa shape index (κ3) is 4.97. The van der Waals surface area contributed by atoms with Crippen LogP contribution in [0.3, 0.4) is 0 Å². The van der Waals surface area contributed by atoms with Crippen molar-refractivity contribution in [1.82, 2.24) is 24.8 Å². The molecule has 1 fully saturated rings. The average molecular weight is 405 g/mol. The molecule has 0 aliphatic carbocycles. The smallest absolute Gasteiger partial charge is 0.317 e. The zero-order valence-electron chi connectivity index (χ0n) is 17.7. The maximum Gasteiger partial charge on any atom is 0.317 e. The summed E-state index contributed by atoms with van der Waals surface area (Å²) in [7, 11) is 0. The van der Waals surface area contributed by atoms with Crippen LogP contribution in [-0.4, -0.2) is 71.5 Å². The van der Waals surface area contributed by atoms with Gasteiger partial charge in [0.25, 0.3) is 0 Å². The number of carbonyl (C=O) groups is 1. The van der Waals surface area contributed by atoms with Crippen molar-refractivity contribution in [2.45, 2.75) is 40.2 Å². The van der Waals surface area contributed by atoms with Gasteiger partial charge >= 0.3 is 6.03 Å². The normalized spacial score (nSPS) is 14.5. The van der Waals surface area contributed by atoms with E-state index in [9.17, 15) is 4.79 Å². The Balaban J connectivity index is 1.54. The van der Waals surface area contributed by atoms with E-state index in [1.165, 1.54) is 0 Å². The van der Waals surface area contributed by atoms with Crippen molar-refractivity contribution in [2.75, 3.05) is 51.8 Å². The van der Waals surface area contributed by atoms with Gasteiger partial charge in [-0.25, -0.2) is 14.8 Å². The first-order chi connectivity index (χ1) is 14.0. The van der Waals surface area contributed by atoms with Gasteiger partial charge in [-0.05, 0) is 25.8 Å². The van der Waals surface area contributed by atoms with Crippen LogP contribution in [0.2, 0.25) is 0 Å². The Hall–Kier alpha value is -2.39. The summed E-state index contributed by atoms with van der Waals surface area (Å²) in [5, 5.41) is 2.89. The standard InChI is InChI=1S/C20H32N6O3/c1-4-5-16-24-17-18(14(2)15(3)23-19(17)21)26(16)9-13-28-10-6-22-20(27)25-7-11-29-12-8-25/h4-13H2,1-3H3,(H2,21,23)(H,22,27). The molecule has 2 aromatic rings. The van der Waals surface area contributed by atoms with Crippen molar-refractivity contribution < 1.29 is 14.3 Å². The number of morpholine rings is 1. The molecule has 1 saturated heterocycles. The highest BCUT2D eigenvalue weighted by atomic mass is 16.5. The molecule has 2 aromatic heterocycles. The van der Waals surface area contributed by atoms with Crippen molar-refractivity contribution in [3.8, 4) is 0 Å². The Labute approximate surface area is 171 Å². The predicted molar refractivity (Wildman–Crippen MR) is 112 cm³/mol. The lowest BCUT2D eigenvalue weighted by Gasteiger charge is -2.26. The lowest BCUT2D eigenvalue weighted by atomic mass is 10.2. The summed E-state index contributed by atoms with van der Waals surface area (Å²) >= 11 is 0. The molecule has 160 valence electrons. The van der Waals surface area contributed by atoms with Crippen molar-refractivity contribution in [1.29, 1.82) is 0 Å². The van der Waals surface area contributed by atoms with Gasteiger partial charge in [0, 0.05) is 38.3 Å². The number of imidazole rings is 1. The van der Waals surface area contributed by atoms with E-state index in [1.54, 1.807) is 4.90 Å². The van der Waals surface area contributed by atoms with E-state index in [0.29, 0.717) is 58.4 Å². The molecule has 1 aliphatic rings. The molecule has 0 bridgehead atoms. The highest BCUT2D eigenvalue weighted by Gasteiger charge is 2.18. The van der Waals surface area contributed by atoms with Crippen molar-refractivity contribution in [3.05, 3.63) is 17.1 Å². The van der Waals surface area contributed by atoms with Crippen LogP contribution in [0.1, 0.15) is 30.4 Å². The number of nitrogens with two attached hydrogens (primary N) is 1. The lowest BCUT2D eigenvalue weighted by Crippen LogP contribution is -2.46. The van der Waals surface area contributed by atoms with E-state index < -0.39 is 0 Å². The molecule has 0 saturated carbocycles. The summed E-state index contributed by atoms with van der Waals surface area (Å²) in [5.41, 5.74) is 9.96. The lowest BCUT2D eigenvalue weighted by molar-refractivity contribution is 0.0523. The summed E-state index contributed by atoms with van der Waals surface area (Å²) < 4.78 is 13.2. The second-order valence-electron chi connectivity index (χ2n) is 7.28. The van der Waals surface area contributed by atoms with E-state index >= 15 is 0 Å². The Bertz CT molecular complexity index is 845. The van der Waals surface area contributed by atoms with Gasteiger partial charge in [-0.2, -0.15) is 0 Å². The first-order valence-electron chi connectivity index (χ1n) is 10.3. The van der Waals surface area contributed by atoms with Gasteiger partial charge in [-0.15, -0.1) is 0 Å². The molecule has 9 nitrogen and oxygen atoms in total. The van der Waals surface area contributed by atoms with Crippen LogP contribution in [0, 0.1) is 13.8 Å². The van der Waals surface area contributed by atoms with Crippen LogP contribution >= 0.6 is 0 Å². The number of nitrogens with one attached hydrogen (secondary N) is 1. The molecular weight excluding hydrogens is 372 g/mol. The molecule has 0 spiro atoms. The molecular formula is C20H32N6O3. The van der Waals surface area contributed by atoms with Gasteiger partial charge in [0.1, 0.15) is 11.3 Å². The topological polar surface area (TPSA) is 108 Å². The molecule has 2 amide bonds. The number of amides is 2. The number of aromatic nitrogens is 3. The van der Waals surface area contributed by atoms with E-state index in [2.05, 4.69) is 28.7 Å². The van der Waals surface area contributed by atoms with Crippen LogP contribution in [-0.2, 0) is 22.4 Å². The molecule has 0 atom stereocenters. The summed E-state index contributed by atoms with van der Waals surface area (Å²) in [4.78, 5) is 23.0. The number of hydrogen-bond acceptors (Lipinski definition) is 6. The van der Waals surface area contributed by atoms with Crippen LogP contribution in [0.4, 0.5) is 10.6 Å². The molecule has 9 heteroatoms. The Morgan fingerprint density at radius 3 is 2.72 bits per heavy atom. The first-order valence-corrected chi connectivity index (χ1v) is 10.3. The third-order valence-corrected chi connectivity index (χ3v) is 5.23. The molecule has 3 rings (SSSR count). The number of anilines is 1. The second kappa shape index (κ2) is 9.89. The minimum atomic E-state index is -0.0585. The van der Waals surface area contributed by atoms with Crippen LogP contribution in [0.25, 0.3) is 11.0 Å². The Morgan fingerprint density at radius 2 is 2.00 bits per heavy atom. The third-order valence-electron chi connectivity index (χ3n) is 5.23. The van der Waals surface area contributed by atoms with E-state index in [-0.39, 0.29) is 6.03 Å². The SMILES string of the molecule is CCCc1nc2c(N)nc(C)c(C)c2n1CCOCCNC(=O)N1CCOCC1. The number of urea groups is 1. The van der Waals surface area contributed by atoms with Gasteiger partial charge < -0.3 is 30.0 Å². The number of carbonyl (C=O) groups excluding carboxylic acids is 1. The van der Waals surface area contributed by atoms with Gasteiger partial charge in [0.05, 0.1) is 31.9 Å². The maximum atomic E-state index is 12.1. The van der Waals surface area contributed by atoms with E-state index in [1.807, 2.05) is 6.92 Å². The monoisotopic (exact) mass is 404 g/mol. The van der Waals surface area contributed by atoms with Gasteiger partial charge in [-0.1, -0.05) is 6.92 Å². The van der Waals surface area contributed by atoms with Gasteiger partial charge in [0.2, 0.25) is 0 Å². The minimum Gasteiger partial charge on any atom is -0.382 e. The number of ether oxygens (including phenoxy) is 2. The molecule has 1 aliphatic heterocycles. The van der Waals surface area contributed by atoms with Crippen LogP contribution in [0.5, 0.6) is 0 Å². The van der Waals surface area contributed by atoms with Gasteiger partial charge in [-0.3, -0.25) is 0 Å². The maximum absolute atomic E-state index is 12.1. The minimum absolute atomic E-state index is 0.0585. The largest absolute Gasteiger partial charge is 0.382 e. The van der Waals surface area contributed by atoms with Crippen molar-refractivity contribution in [2.24, 2.45) is 0 Å². The summed E-state index contributed by atoms with van der Waals surface area (Å²) in [5.74, 6) is 1.49. The second-order valence-corrected chi connectivity index (χ2v) is 7.28. The average Bonchev–Trinajstić information content (AvgIpc) is 3.08. The number of nitrogen functional groups attached to an aromatic ring is 1. The quantitative estimate of drug-likeness (QED) is 0.648. The molecule has 0 unspecified atom stereocenters. The number of aryl methyl sites for hydroxylation is 3. The molecule has 3 heterocycles. The fourth-order valence-electron chi connectivity index (χ4n) is 3.57. The first kappa shape index (κ1) is 21.3. The number of fused-ring (bicyclic) bond motifs is 1. The molecule has 29 heavy (non-hydrogen) atoms. The van der Waals surface area contributed by atoms with Crippen LogP contribution < -0.4 is 11.1 Å². The van der Waals surface area contributed by atoms with Crippen molar-refractivity contribution >= 4 is 22.9 Å². The number of hydrogen-bond donors (Lipinski definition) is 2. The van der Waals surface area contributed by atoms with E-state index in [4.69, 9.17) is 20.2 Å².